The van der Waals surface area contributed by atoms with Crippen LogP contribution in [0.4, 0.5) is 0 Å². The highest BCUT2D eigenvalue weighted by atomic mass is 79.9. The Kier molecular flexibility index (Phi) is 6.04. The van der Waals surface area contributed by atoms with Gasteiger partial charge in [-0.15, -0.1) is 0 Å². The Bertz CT molecular complexity index is 512. The Morgan fingerprint density at radius 2 is 2.09 bits per heavy atom. The highest BCUT2D eigenvalue weighted by Crippen LogP contribution is 2.42. The lowest BCUT2D eigenvalue weighted by Gasteiger charge is -2.43. The molecule has 0 spiro atoms. The van der Waals surface area contributed by atoms with Gasteiger partial charge in [0.05, 0.1) is 5.54 Å². The minimum absolute atomic E-state index is 0.0107. The minimum Gasteiger partial charge on any atom is -0.369 e. The first-order valence-corrected chi connectivity index (χ1v) is 8.92. The lowest BCUT2D eigenvalue weighted by atomic mass is 9.71. The fourth-order valence-corrected chi connectivity index (χ4v) is 3.10. The van der Waals surface area contributed by atoms with Crippen LogP contribution < -0.4 is 5.32 Å². The molecule has 22 heavy (non-hydrogen) atoms. The van der Waals surface area contributed by atoms with E-state index in [1.807, 2.05) is 19.1 Å². The van der Waals surface area contributed by atoms with E-state index in [0.717, 1.165) is 30.2 Å². The monoisotopic (exact) mass is 367 g/mol. The van der Waals surface area contributed by atoms with E-state index in [2.05, 4.69) is 47.2 Å². The predicted molar refractivity (Wildman–Crippen MR) is 92.7 cm³/mol. The molecule has 1 aromatic carbocycles. The van der Waals surface area contributed by atoms with Crippen molar-refractivity contribution >= 4 is 21.8 Å². The van der Waals surface area contributed by atoms with Crippen molar-refractivity contribution in [1.82, 2.24) is 5.32 Å². The summed E-state index contributed by atoms with van der Waals surface area (Å²) in [5, 5.41) is 3.23. The van der Waals surface area contributed by atoms with Gasteiger partial charge in [-0.1, -0.05) is 41.9 Å². The molecule has 0 aromatic heterocycles. The number of benzene rings is 1. The van der Waals surface area contributed by atoms with Gasteiger partial charge in [0.15, 0.2) is 0 Å². The van der Waals surface area contributed by atoms with E-state index in [4.69, 9.17) is 4.74 Å². The van der Waals surface area contributed by atoms with Crippen LogP contribution in [0.1, 0.15) is 52.0 Å². The Morgan fingerprint density at radius 3 is 2.64 bits per heavy atom. The third kappa shape index (κ3) is 4.32. The quantitative estimate of drug-likeness (QED) is 0.775. The van der Waals surface area contributed by atoms with Gasteiger partial charge in [0, 0.05) is 11.1 Å². The summed E-state index contributed by atoms with van der Waals surface area (Å²) >= 11 is 3.51. The zero-order chi connectivity index (χ0) is 16.2. The summed E-state index contributed by atoms with van der Waals surface area (Å²) in [4.78, 5) is 12.4. The molecule has 1 N–H and O–H groups in total. The van der Waals surface area contributed by atoms with E-state index in [1.165, 1.54) is 5.56 Å². The standard InChI is InChI=1S/C18H26BrNO2/c1-13(2)8-11-22-14(3)17(21)20-18(9-5-10-18)15-6-4-7-16(19)12-15/h4,6-7,12-14H,5,8-11H2,1-3H3,(H,20,21). The van der Waals surface area contributed by atoms with E-state index in [9.17, 15) is 4.79 Å². The Morgan fingerprint density at radius 1 is 1.36 bits per heavy atom. The number of hydrogen-bond donors (Lipinski definition) is 1. The number of ether oxygens (including phenoxy) is 1. The Balaban J connectivity index is 1.96. The molecule has 0 bridgehead atoms. The Labute approximate surface area is 141 Å². The maximum atomic E-state index is 12.4. The van der Waals surface area contributed by atoms with Crippen molar-refractivity contribution in [3.05, 3.63) is 34.3 Å². The average Bonchev–Trinajstić information content (AvgIpc) is 2.42. The molecule has 2 rings (SSSR count). The third-order valence-corrected chi connectivity index (χ3v) is 4.87. The van der Waals surface area contributed by atoms with Crippen molar-refractivity contribution in [1.29, 1.82) is 0 Å². The Hall–Kier alpha value is -0.870. The maximum Gasteiger partial charge on any atom is 0.249 e. The van der Waals surface area contributed by atoms with Crippen molar-refractivity contribution < 1.29 is 9.53 Å². The summed E-state index contributed by atoms with van der Waals surface area (Å²) in [7, 11) is 0. The van der Waals surface area contributed by atoms with E-state index in [1.54, 1.807) is 0 Å². The van der Waals surface area contributed by atoms with Crippen LogP contribution in [0.3, 0.4) is 0 Å². The molecule has 1 aromatic rings. The maximum absolute atomic E-state index is 12.4. The molecule has 0 radical (unpaired) electrons. The molecule has 122 valence electrons. The smallest absolute Gasteiger partial charge is 0.249 e. The first kappa shape index (κ1) is 17.5. The number of carbonyl (C=O) groups is 1. The van der Waals surface area contributed by atoms with Gasteiger partial charge in [-0.25, -0.2) is 0 Å². The van der Waals surface area contributed by atoms with Crippen molar-refractivity contribution in [2.45, 2.75) is 58.1 Å². The number of carbonyl (C=O) groups excluding carboxylic acids is 1. The zero-order valence-corrected chi connectivity index (χ0v) is 15.3. The van der Waals surface area contributed by atoms with Crippen LogP contribution in [0, 0.1) is 5.92 Å². The van der Waals surface area contributed by atoms with Gasteiger partial charge in [-0.05, 0) is 56.2 Å². The molecule has 1 atom stereocenters. The summed E-state index contributed by atoms with van der Waals surface area (Å²) < 4.78 is 6.72. The molecule has 1 saturated carbocycles. The van der Waals surface area contributed by atoms with Crippen LogP contribution in [-0.4, -0.2) is 18.6 Å². The normalized spacial score (nSPS) is 17.9. The van der Waals surface area contributed by atoms with E-state index in [0.29, 0.717) is 12.5 Å². The number of halogens is 1. The lowest BCUT2D eigenvalue weighted by molar-refractivity contribution is -0.135. The van der Waals surface area contributed by atoms with Crippen LogP contribution in [0.15, 0.2) is 28.7 Å². The minimum atomic E-state index is -0.400. The summed E-state index contributed by atoms with van der Waals surface area (Å²) in [6.45, 7) is 6.79. The summed E-state index contributed by atoms with van der Waals surface area (Å²) in [5.74, 6) is 0.582. The molecule has 0 aliphatic heterocycles. The molecule has 1 amide bonds. The molecule has 1 aliphatic carbocycles. The van der Waals surface area contributed by atoms with Crippen LogP contribution in [0.5, 0.6) is 0 Å². The van der Waals surface area contributed by atoms with Crippen LogP contribution in [-0.2, 0) is 15.1 Å². The van der Waals surface area contributed by atoms with E-state index in [-0.39, 0.29) is 11.4 Å². The first-order chi connectivity index (χ1) is 10.4. The third-order valence-electron chi connectivity index (χ3n) is 4.38. The molecule has 3 nitrogen and oxygen atoms in total. The van der Waals surface area contributed by atoms with Crippen molar-refractivity contribution in [3.8, 4) is 0 Å². The van der Waals surface area contributed by atoms with Crippen molar-refractivity contribution in [2.75, 3.05) is 6.61 Å². The first-order valence-electron chi connectivity index (χ1n) is 8.12. The van der Waals surface area contributed by atoms with Crippen LogP contribution in [0.25, 0.3) is 0 Å². The number of hydrogen-bond acceptors (Lipinski definition) is 2. The van der Waals surface area contributed by atoms with Gasteiger partial charge in [-0.3, -0.25) is 4.79 Å². The van der Waals surface area contributed by atoms with Gasteiger partial charge in [0.2, 0.25) is 5.91 Å². The molecule has 1 aliphatic rings. The molecule has 0 saturated heterocycles. The second-order valence-corrected chi connectivity index (χ2v) is 7.55. The topological polar surface area (TPSA) is 38.3 Å². The van der Waals surface area contributed by atoms with Crippen LogP contribution >= 0.6 is 15.9 Å². The van der Waals surface area contributed by atoms with E-state index >= 15 is 0 Å². The van der Waals surface area contributed by atoms with E-state index < -0.39 is 6.10 Å². The molecule has 4 heteroatoms. The second kappa shape index (κ2) is 7.60. The molecule has 1 unspecified atom stereocenters. The number of amides is 1. The van der Waals surface area contributed by atoms with Crippen LogP contribution in [0.2, 0.25) is 0 Å². The fourth-order valence-electron chi connectivity index (χ4n) is 2.70. The zero-order valence-electron chi connectivity index (χ0n) is 13.7. The molecular formula is C18H26BrNO2. The molecule has 0 heterocycles. The van der Waals surface area contributed by atoms with Gasteiger partial charge in [0.25, 0.3) is 0 Å². The summed E-state index contributed by atoms with van der Waals surface area (Å²) in [6, 6.07) is 8.22. The van der Waals surface area contributed by atoms with Gasteiger partial charge in [0.1, 0.15) is 6.10 Å². The van der Waals surface area contributed by atoms with Gasteiger partial charge < -0.3 is 10.1 Å². The fraction of sp³-hybridized carbons (Fsp3) is 0.611. The van der Waals surface area contributed by atoms with Gasteiger partial charge >= 0.3 is 0 Å². The predicted octanol–water partition coefficient (Wildman–Crippen LogP) is 4.40. The highest BCUT2D eigenvalue weighted by Gasteiger charge is 2.40. The lowest BCUT2D eigenvalue weighted by Crippen LogP contribution is -2.53. The second-order valence-electron chi connectivity index (χ2n) is 6.63. The molecular weight excluding hydrogens is 342 g/mol. The van der Waals surface area contributed by atoms with Gasteiger partial charge in [-0.2, -0.15) is 0 Å². The average molecular weight is 368 g/mol. The van der Waals surface area contributed by atoms with Crippen molar-refractivity contribution in [2.24, 2.45) is 5.92 Å². The largest absolute Gasteiger partial charge is 0.369 e. The van der Waals surface area contributed by atoms with Crippen molar-refractivity contribution in [3.63, 3.8) is 0 Å². The number of rotatable bonds is 7. The highest BCUT2D eigenvalue weighted by molar-refractivity contribution is 9.10. The molecule has 1 fully saturated rings. The number of nitrogens with one attached hydrogen (secondary N) is 1. The SMILES string of the molecule is CC(C)CCOC(C)C(=O)NC1(c2cccc(Br)c2)CCC1. The summed E-state index contributed by atoms with van der Waals surface area (Å²) in [6.07, 6.45) is 3.72. The summed E-state index contributed by atoms with van der Waals surface area (Å²) in [5.41, 5.74) is 0.965.